The Hall–Kier alpha value is -2.24. The van der Waals surface area contributed by atoms with Gasteiger partial charge >= 0.3 is 6.03 Å². The molecular weight excluding hydrogens is 364 g/mol. The Balaban J connectivity index is 2.33. The minimum Gasteiger partial charge on any atom is -0.377 e. The van der Waals surface area contributed by atoms with Crippen LogP contribution in [0, 0.1) is 11.8 Å². The molecule has 1 aromatic carbocycles. The maximum atomic E-state index is 13.1. The molecule has 6 nitrogen and oxygen atoms in total. The van der Waals surface area contributed by atoms with Crippen LogP contribution in [0.1, 0.15) is 59.9 Å². The van der Waals surface area contributed by atoms with Crippen LogP contribution in [0.4, 0.5) is 16.2 Å². The molecule has 1 atom stereocenters. The lowest BCUT2D eigenvalue weighted by Gasteiger charge is -2.35. The number of benzene rings is 1. The summed E-state index contributed by atoms with van der Waals surface area (Å²) in [6.45, 7) is 12.8. The third kappa shape index (κ3) is 6.65. The van der Waals surface area contributed by atoms with Crippen LogP contribution in [0.25, 0.3) is 0 Å². The third-order valence-corrected chi connectivity index (χ3v) is 5.32. The summed E-state index contributed by atoms with van der Waals surface area (Å²) in [5.41, 5.74) is 2.53. The van der Waals surface area contributed by atoms with E-state index in [2.05, 4.69) is 31.4 Å². The predicted molar refractivity (Wildman–Crippen MR) is 120 cm³/mol. The van der Waals surface area contributed by atoms with Gasteiger partial charge in [-0.05, 0) is 70.2 Å². The predicted octanol–water partition coefficient (Wildman–Crippen LogP) is 4.46. The van der Waals surface area contributed by atoms with E-state index in [-0.39, 0.29) is 29.4 Å². The van der Waals surface area contributed by atoms with E-state index in [4.69, 9.17) is 0 Å². The van der Waals surface area contributed by atoms with Crippen molar-refractivity contribution in [1.82, 2.24) is 10.2 Å². The molecule has 1 saturated carbocycles. The third-order valence-electron chi connectivity index (χ3n) is 5.32. The quantitative estimate of drug-likeness (QED) is 0.708. The first-order valence-electron chi connectivity index (χ1n) is 10.6. The molecule has 1 aliphatic rings. The maximum Gasteiger partial charge on any atom is 0.318 e. The van der Waals surface area contributed by atoms with Gasteiger partial charge in [-0.25, -0.2) is 4.79 Å². The summed E-state index contributed by atoms with van der Waals surface area (Å²) in [6.07, 6.45) is 1.95. The molecule has 0 radical (unpaired) electrons. The summed E-state index contributed by atoms with van der Waals surface area (Å²) in [4.78, 5) is 29.2. The highest BCUT2D eigenvalue weighted by molar-refractivity contribution is 5.94. The van der Waals surface area contributed by atoms with Crippen LogP contribution in [0.3, 0.4) is 0 Å². The average molecular weight is 403 g/mol. The molecule has 0 heterocycles. The molecular formula is C23H38N4O2. The molecule has 162 valence electrons. The van der Waals surface area contributed by atoms with Crippen molar-refractivity contribution < 1.29 is 9.59 Å². The number of hydrogen-bond acceptors (Lipinski definition) is 3. The van der Waals surface area contributed by atoms with E-state index in [9.17, 15) is 9.59 Å². The fourth-order valence-corrected chi connectivity index (χ4v) is 3.15. The molecule has 0 unspecified atom stereocenters. The average Bonchev–Trinajstić information content (AvgIpc) is 3.42. The van der Waals surface area contributed by atoms with Gasteiger partial charge < -0.3 is 20.4 Å². The van der Waals surface area contributed by atoms with Gasteiger partial charge in [-0.15, -0.1) is 0 Å². The topological polar surface area (TPSA) is 64.7 Å². The molecule has 0 spiro atoms. The van der Waals surface area contributed by atoms with Gasteiger partial charge in [0.05, 0.1) is 0 Å². The number of rotatable bonds is 7. The second kappa shape index (κ2) is 9.06. The van der Waals surface area contributed by atoms with Gasteiger partial charge in [0, 0.05) is 49.5 Å². The molecule has 1 fully saturated rings. The molecule has 3 amide bonds. The standard InChI is InChI=1S/C23H38N4O2/c1-15(2)16(3)27(22(29)25-23(4,5)6)14-18-13-19(11-12-20(18)26(7)8)24-21(28)17-9-10-17/h11-13,15-17H,9-10,14H2,1-8H3,(H,24,28)(H,25,29)/t16-/m1/s1. The Bertz CT molecular complexity index is 733. The minimum atomic E-state index is -0.309. The number of hydrogen-bond donors (Lipinski definition) is 2. The number of amides is 3. The molecule has 0 aliphatic heterocycles. The molecule has 2 N–H and O–H groups in total. The second-order valence-corrected chi connectivity index (χ2v) is 9.79. The monoisotopic (exact) mass is 402 g/mol. The Labute approximate surface area is 176 Å². The summed E-state index contributed by atoms with van der Waals surface area (Å²) in [5, 5.41) is 6.12. The van der Waals surface area contributed by atoms with Crippen molar-refractivity contribution in [3.63, 3.8) is 0 Å². The molecule has 1 aliphatic carbocycles. The first kappa shape index (κ1) is 23.0. The van der Waals surface area contributed by atoms with Crippen LogP contribution < -0.4 is 15.5 Å². The van der Waals surface area contributed by atoms with Crippen molar-refractivity contribution in [2.45, 2.75) is 72.5 Å². The van der Waals surface area contributed by atoms with Gasteiger partial charge in [-0.2, -0.15) is 0 Å². The van der Waals surface area contributed by atoms with Crippen molar-refractivity contribution in [3.8, 4) is 0 Å². The van der Waals surface area contributed by atoms with Crippen molar-refractivity contribution in [3.05, 3.63) is 23.8 Å². The van der Waals surface area contributed by atoms with Crippen molar-refractivity contribution >= 4 is 23.3 Å². The highest BCUT2D eigenvalue weighted by atomic mass is 16.2. The normalized spacial score (nSPS) is 15.1. The lowest BCUT2D eigenvalue weighted by molar-refractivity contribution is -0.117. The zero-order valence-electron chi connectivity index (χ0n) is 19.3. The molecule has 0 saturated heterocycles. The van der Waals surface area contributed by atoms with Crippen LogP contribution in [0.2, 0.25) is 0 Å². The van der Waals surface area contributed by atoms with Gasteiger partial charge in [0.1, 0.15) is 0 Å². The summed E-state index contributed by atoms with van der Waals surface area (Å²) in [7, 11) is 3.99. The molecule has 0 aromatic heterocycles. The zero-order chi connectivity index (χ0) is 21.9. The Kier molecular flexibility index (Phi) is 7.20. The van der Waals surface area contributed by atoms with E-state index in [1.54, 1.807) is 0 Å². The van der Waals surface area contributed by atoms with Crippen LogP contribution >= 0.6 is 0 Å². The van der Waals surface area contributed by atoms with E-state index >= 15 is 0 Å². The number of carbonyl (C=O) groups is 2. The zero-order valence-corrected chi connectivity index (χ0v) is 19.3. The van der Waals surface area contributed by atoms with Crippen LogP contribution in [-0.2, 0) is 11.3 Å². The number of anilines is 2. The van der Waals surface area contributed by atoms with E-state index in [1.165, 1.54) is 0 Å². The molecule has 1 aromatic rings. The van der Waals surface area contributed by atoms with E-state index in [0.717, 1.165) is 29.8 Å². The van der Waals surface area contributed by atoms with Crippen molar-refractivity contribution in [2.75, 3.05) is 24.3 Å². The highest BCUT2D eigenvalue weighted by Gasteiger charge is 2.30. The molecule has 2 rings (SSSR count). The maximum absolute atomic E-state index is 13.1. The fourth-order valence-electron chi connectivity index (χ4n) is 3.15. The first-order chi connectivity index (χ1) is 13.4. The van der Waals surface area contributed by atoms with Gasteiger partial charge in [0.2, 0.25) is 5.91 Å². The van der Waals surface area contributed by atoms with Crippen LogP contribution in [0.5, 0.6) is 0 Å². The number of carbonyl (C=O) groups excluding carboxylic acids is 2. The van der Waals surface area contributed by atoms with Crippen LogP contribution in [0.15, 0.2) is 18.2 Å². The second-order valence-electron chi connectivity index (χ2n) is 9.79. The summed E-state index contributed by atoms with van der Waals surface area (Å²) >= 11 is 0. The van der Waals surface area contributed by atoms with Gasteiger partial charge in [0.15, 0.2) is 0 Å². The number of nitrogens with zero attached hydrogens (tertiary/aromatic N) is 2. The highest BCUT2D eigenvalue weighted by Crippen LogP contribution is 2.31. The van der Waals surface area contributed by atoms with Crippen molar-refractivity contribution in [1.29, 1.82) is 0 Å². The molecule has 0 bridgehead atoms. The lowest BCUT2D eigenvalue weighted by atomic mass is 10.0. The van der Waals surface area contributed by atoms with Gasteiger partial charge in [0.25, 0.3) is 0 Å². The Morgan fingerprint density at radius 3 is 2.24 bits per heavy atom. The largest absolute Gasteiger partial charge is 0.377 e. The molecule has 6 heteroatoms. The number of urea groups is 1. The Morgan fingerprint density at radius 2 is 1.76 bits per heavy atom. The fraction of sp³-hybridized carbons (Fsp3) is 0.652. The molecule has 29 heavy (non-hydrogen) atoms. The lowest BCUT2D eigenvalue weighted by Crippen LogP contribution is -2.52. The van der Waals surface area contributed by atoms with Crippen LogP contribution in [-0.4, -0.2) is 42.5 Å². The SMILES string of the molecule is CC(C)[C@@H](C)N(Cc1cc(NC(=O)C2CC2)ccc1N(C)C)C(=O)NC(C)(C)C. The van der Waals surface area contributed by atoms with E-state index < -0.39 is 0 Å². The minimum absolute atomic E-state index is 0.0667. The first-order valence-corrected chi connectivity index (χ1v) is 10.6. The van der Waals surface area contributed by atoms with Gasteiger partial charge in [-0.3, -0.25) is 4.79 Å². The summed E-state index contributed by atoms with van der Waals surface area (Å²) in [6, 6.07) is 5.94. The van der Waals surface area contributed by atoms with E-state index in [1.807, 2.05) is 62.9 Å². The van der Waals surface area contributed by atoms with E-state index in [0.29, 0.717) is 12.5 Å². The summed E-state index contributed by atoms with van der Waals surface area (Å²) in [5.74, 6) is 0.565. The number of nitrogens with one attached hydrogen (secondary N) is 2. The smallest absolute Gasteiger partial charge is 0.318 e. The Morgan fingerprint density at radius 1 is 1.14 bits per heavy atom. The summed E-state index contributed by atoms with van der Waals surface area (Å²) < 4.78 is 0. The van der Waals surface area contributed by atoms with Crippen molar-refractivity contribution in [2.24, 2.45) is 11.8 Å². The van der Waals surface area contributed by atoms with Gasteiger partial charge in [-0.1, -0.05) is 13.8 Å².